The Balaban J connectivity index is 0.000000396. The number of hydrogen-bond acceptors (Lipinski definition) is 6. The van der Waals surface area contributed by atoms with Gasteiger partial charge in [0.2, 0.25) is 0 Å². The van der Waals surface area contributed by atoms with Crippen LogP contribution in [-0.4, -0.2) is 39.9 Å². The van der Waals surface area contributed by atoms with E-state index in [-0.39, 0.29) is 67.9 Å². The number of nitrogens with one attached hydrogen (secondary N) is 2. The van der Waals surface area contributed by atoms with Crippen molar-refractivity contribution in [2.24, 2.45) is 0 Å². The van der Waals surface area contributed by atoms with E-state index < -0.39 is 0 Å². The van der Waals surface area contributed by atoms with Gasteiger partial charge in [-0.25, -0.2) is 9.97 Å². The molecule has 2 N–H and O–H groups in total. The smallest absolute Gasteiger partial charge is 0.0658 e. The zero-order valence-electron chi connectivity index (χ0n) is 27.8. The first kappa shape index (κ1) is 45.1. The molecular weight excluding hydrogens is 912 g/mol. The summed E-state index contributed by atoms with van der Waals surface area (Å²) in [5, 5.41) is 0. The molecule has 0 unspecified atom stereocenters. The molecule has 52 heavy (non-hydrogen) atoms. The summed E-state index contributed by atoms with van der Waals surface area (Å²) in [6.07, 6.45) is 22.1. The van der Waals surface area contributed by atoms with Crippen LogP contribution in [-0.2, 0) is 0 Å². The monoisotopic (exact) mass is 946 g/mol. The number of nitrogens with zero attached hydrogens (tertiary/aromatic N) is 6. The van der Waals surface area contributed by atoms with Crippen molar-refractivity contribution in [3.8, 4) is 0 Å². The average Bonchev–Trinajstić information content (AvgIpc) is 4.00. The molecule has 8 bridgehead atoms. The number of fused-ring (bicyclic) bond motifs is 8. The molecule has 0 saturated carbocycles. The summed E-state index contributed by atoms with van der Waals surface area (Å²) in [4.78, 5) is 31.2. The Labute approximate surface area is 345 Å². The molecule has 0 atom stereocenters. The first-order chi connectivity index (χ1) is 23.8. The van der Waals surface area contributed by atoms with E-state index in [4.69, 9.17) is 0 Å². The average molecular weight is 950 g/mol. The topological polar surface area (TPSA) is 109 Å². The van der Waals surface area contributed by atoms with Gasteiger partial charge in [-0.2, -0.15) is 0 Å². The molecule has 7 aromatic rings. The SMILES string of the molecule is Br.Br.Br.Br.C1=Cc2cc3ccc(cc4nc(cc5ccc(cc1n2)[nH]5)C=C4)[nH]3.c1ccncc1.c1ccncc1.c1ccncc1.c1ccncc1. The highest BCUT2D eigenvalue weighted by Gasteiger charge is 2.01. The molecule has 0 spiro atoms. The fourth-order valence-electron chi connectivity index (χ4n) is 4.19. The lowest BCUT2D eigenvalue weighted by Gasteiger charge is -1.85. The van der Waals surface area contributed by atoms with E-state index in [1.54, 1.807) is 49.6 Å². The number of H-pyrrole nitrogens is 2. The van der Waals surface area contributed by atoms with Crippen LogP contribution < -0.4 is 0 Å². The van der Waals surface area contributed by atoms with Crippen LogP contribution in [0, 0.1) is 0 Å². The quantitative estimate of drug-likeness (QED) is 0.157. The Morgan fingerprint density at radius 1 is 0.288 bits per heavy atom. The number of hydrogen-bond donors (Lipinski definition) is 2. The van der Waals surface area contributed by atoms with Crippen LogP contribution in [0.15, 0.2) is 171 Å². The lowest BCUT2D eigenvalue weighted by molar-refractivity contribution is 1.31. The molecule has 2 aliphatic heterocycles. The normalized spacial score (nSPS) is 9.54. The highest BCUT2D eigenvalue weighted by atomic mass is 79.9. The molecule has 0 saturated heterocycles. The van der Waals surface area contributed by atoms with Crippen LogP contribution in [0.5, 0.6) is 0 Å². The number of pyridine rings is 4. The highest BCUT2D eigenvalue weighted by molar-refractivity contribution is 8.93. The Hall–Kier alpha value is -4.88. The van der Waals surface area contributed by atoms with E-state index in [2.05, 4.69) is 64.1 Å². The molecule has 8 nitrogen and oxygen atoms in total. The minimum Gasteiger partial charge on any atom is -0.355 e. The third-order valence-corrected chi connectivity index (χ3v) is 6.31. The Morgan fingerprint density at radius 2 is 0.500 bits per heavy atom. The first-order valence-corrected chi connectivity index (χ1v) is 15.2. The molecule has 9 rings (SSSR count). The Morgan fingerprint density at radius 3 is 0.654 bits per heavy atom. The Bertz CT molecular complexity index is 1740. The van der Waals surface area contributed by atoms with Crippen LogP contribution in [0.25, 0.3) is 46.4 Å². The van der Waals surface area contributed by atoms with Crippen molar-refractivity contribution in [2.45, 2.75) is 0 Å². The van der Waals surface area contributed by atoms with Gasteiger partial charge in [-0.3, -0.25) is 19.9 Å². The molecular formula is C40H38Br4N8. The van der Waals surface area contributed by atoms with Gasteiger partial charge in [0.1, 0.15) is 0 Å². The number of rotatable bonds is 0. The zero-order chi connectivity index (χ0) is 32.9. The van der Waals surface area contributed by atoms with Gasteiger partial charge in [0, 0.05) is 71.6 Å². The third-order valence-electron chi connectivity index (χ3n) is 6.31. The zero-order valence-corrected chi connectivity index (χ0v) is 34.6. The predicted molar refractivity (Wildman–Crippen MR) is 237 cm³/mol. The number of aromatic nitrogens is 8. The van der Waals surface area contributed by atoms with Crippen LogP contribution >= 0.6 is 67.9 Å². The maximum atomic E-state index is 4.63. The second-order valence-corrected chi connectivity index (χ2v) is 10.0. The Kier molecular flexibility index (Phi) is 23.3. The van der Waals surface area contributed by atoms with Crippen LogP contribution in [0.1, 0.15) is 22.8 Å². The minimum atomic E-state index is 0. The van der Waals surface area contributed by atoms with Gasteiger partial charge < -0.3 is 9.97 Å². The summed E-state index contributed by atoms with van der Waals surface area (Å²) in [7, 11) is 0. The van der Waals surface area contributed by atoms with E-state index in [9.17, 15) is 0 Å². The van der Waals surface area contributed by atoms with Crippen molar-refractivity contribution in [2.75, 3.05) is 0 Å². The number of aromatic amines is 2. The predicted octanol–water partition coefficient (Wildman–Crippen LogP) is 11.3. The maximum Gasteiger partial charge on any atom is 0.0658 e. The van der Waals surface area contributed by atoms with Crippen LogP contribution in [0.2, 0.25) is 0 Å². The van der Waals surface area contributed by atoms with Gasteiger partial charge in [0.15, 0.2) is 0 Å². The third kappa shape index (κ3) is 17.4. The second-order valence-electron chi connectivity index (χ2n) is 10.0. The molecule has 0 fully saturated rings. The van der Waals surface area contributed by atoms with Crippen molar-refractivity contribution >= 4 is 114 Å². The summed E-state index contributed by atoms with van der Waals surface area (Å²) < 4.78 is 0. The largest absolute Gasteiger partial charge is 0.355 e. The highest BCUT2D eigenvalue weighted by Crippen LogP contribution is 2.17. The summed E-state index contributed by atoms with van der Waals surface area (Å²) >= 11 is 0. The minimum absolute atomic E-state index is 0. The molecule has 0 aliphatic carbocycles. The fourth-order valence-corrected chi connectivity index (χ4v) is 4.19. The van der Waals surface area contributed by atoms with Crippen molar-refractivity contribution in [3.63, 3.8) is 0 Å². The molecule has 266 valence electrons. The molecule has 7 aromatic heterocycles. The summed E-state index contributed by atoms with van der Waals surface area (Å²) in [5.74, 6) is 0. The van der Waals surface area contributed by atoms with Gasteiger partial charge in [-0.1, -0.05) is 24.3 Å². The number of halogens is 4. The molecule has 0 amide bonds. The van der Waals surface area contributed by atoms with E-state index in [1.165, 1.54) is 0 Å². The summed E-state index contributed by atoms with van der Waals surface area (Å²) in [6, 6.07) is 39.2. The molecule has 2 aliphatic rings. The van der Waals surface area contributed by atoms with E-state index in [0.717, 1.165) is 44.8 Å². The summed E-state index contributed by atoms with van der Waals surface area (Å²) in [5.41, 5.74) is 7.86. The molecule has 9 heterocycles. The van der Waals surface area contributed by atoms with E-state index in [0.29, 0.717) is 0 Å². The van der Waals surface area contributed by atoms with Gasteiger partial charge in [0.05, 0.1) is 22.8 Å². The lowest BCUT2D eigenvalue weighted by atomic mass is 10.3. The molecule has 0 aromatic carbocycles. The standard InChI is InChI=1S/C20H14N4.4C5H5N.4BrH/c1-2-14-10-16-5-6-18(23-16)12-20-8-7-19(24-20)11-17-4-3-15(22-17)9-13(1)21-14;4*1-2-4-6-5-3-1;;;;/h1-12,21,24H;4*1-5H;4*1H. The van der Waals surface area contributed by atoms with E-state index >= 15 is 0 Å². The molecule has 0 radical (unpaired) electrons. The summed E-state index contributed by atoms with van der Waals surface area (Å²) in [6.45, 7) is 0. The lowest BCUT2D eigenvalue weighted by Crippen LogP contribution is -1.75. The maximum absolute atomic E-state index is 4.63. The second kappa shape index (κ2) is 26.9. The van der Waals surface area contributed by atoms with Crippen molar-refractivity contribution < 1.29 is 0 Å². The van der Waals surface area contributed by atoms with Gasteiger partial charge in [-0.05, 0) is 121 Å². The van der Waals surface area contributed by atoms with Gasteiger partial charge in [0.25, 0.3) is 0 Å². The van der Waals surface area contributed by atoms with Crippen molar-refractivity contribution in [3.05, 3.63) is 194 Å². The van der Waals surface area contributed by atoms with Gasteiger partial charge >= 0.3 is 0 Å². The van der Waals surface area contributed by atoms with Crippen LogP contribution in [0.3, 0.4) is 0 Å². The van der Waals surface area contributed by atoms with Crippen molar-refractivity contribution in [1.29, 1.82) is 0 Å². The fraction of sp³-hybridized carbons (Fsp3) is 0. The van der Waals surface area contributed by atoms with Crippen LogP contribution in [0.4, 0.5) is 0 Å². The molecule has 12 heteroatoms. The first-order valence-electron chi connectivity index (χ1n) is 15.2. The van der Waals surface area contributed by atoms with Gasteiger partial charge in [-0.15, -0.1) is 67.9 Å². The van der Waals surface area contributed by atoms with E-state index in [1.807, 2.05) is 121 Å². The van der Waals surface area contributed by atoms with Crippen molar-refractivity contribution in [1.82, 2.24) is 39.9 Å².